The van der Waals surface area contributed by atoms with Crippen molar-refractivity contribution in [3.05, 3.63) is 41.5 Å². The number of unbranched alkanes of at least 4 members (excludes halogenated alkanes) is 2. The van der Waals surface area contributed by atoms with Gasteiger partial charge in [-0.15, -0.1) is 11.8 Å². The van der Waals surface area contributed by atoms with Crippen LogP contribution in [0.5, 0.6) is 0 Å². The molecule has 0 aromatic heterocycles. The molecule has 0 saturated heterocycles. The Morgan fingerprint density at radius 2 is 2.06 bits per heavy atom. The third kappa shape index (κ3) is 6.58. The minimum atomic E-state index is 1.08. The summed E-state index contributed by atoms with van der Waals surface area (Å²) in [6.45, 7) is 6.56. The molecule has 17 heavy (non-hydrogen) atoms. The summed E-state index contributed by atoms with van der Waals surface area (Å²) in [6, 6.07) is 9.00. The molecule has 0 nitrogen and oxygen atoms in total. The first-order chi connectivity index (χ1) is 8.22. The van der Waals surface area contributed by atoms with Crippen LogP contribution in [-0.4, -0.2) is 5.75 Å². The van der Waals surface area contributed by atoms with Crippen LogP contribution in [0.15, 0.2) is 40.8 Å². The molecule has 94 valence electrons. The fraction of sp³-hybridized carbons (Fsp3) is 0.500. The number of hydrogen-bond donors (Lipinski definition) is 0. The molecule has 0 N–H and O–H groups in total. The summed E-state index contributed by atoms with van der Waals surface area (Å²) >= 11 is 1.93. The molecule has 0 heterocycles. The summed E-state index contributed by atoms with van der Waals surface area (Å²) in [5.74, 6) is 1.08. The van der Waals surface area contributed by atoms with Crippen molar-refractivity contribution in [1.82, 2.24) is 0 Å². The molecular formula is C16H24S. The second-order valence-corrected chi connectivity index (χ2v) is 5.79. The van der Waals surface area contributed by atoms with Gasteiger partial charge in [-0.1, -0.05) is 43.5 Å². The highest BCUT2D eigenvalue weighted by atomic mass is 32.2. The maximum Gasteiger partial charge on any atom is 0.0163 e. The van der Waals surface area contributed by atoms with E-state index in [-0.39, 0.29) is 0 Å². The van der Waals surface area contributed by atoms with E-state index in [2.05, 4.69) is 51.1 Å². The van der Waals surface area contributed by atoms with Gasteiger partial charge in [0.2, 0.25) is 0 Å². The highest BCUT2D eigenvalue weighted by Gasteiger charge is 1.96. The Labute approximate surface area is 111 Å². The van der Waals surface area contributed by atoms with E-state index in [9.17, 15) is 0 Å². The van der Waals surface area contributed by atoms with E-state index in [1.807, 2.05) is 11.8 Å². The van der Waals surface area contributed by atoms with Crippen LogP contribution in [0.1, 0.15) is 45.6 Å². The van der Waals surface area contributed by atoms with Gasteiger partial charge < -0.3 is 0 Å². The number of thioether (sulfide) groups is 1. The van der Waals surface area contributed by atoms with Crippen molar-refractivity contribution >= 4 is 11.8 Å². The molecule has 0 aliphatic rings. The average Bonchev–Trinajstić information content (AvgIpc) is 2.29. The Morgan fingerprint density at radius 1 is 1.24 bits per heavy atom. The van der Waals surface area contributed by atoms with Crippen molar-refractivity contribution in [2.75, 3.05) is 5.75 Å². The van der Waals surface area contributed by atoms with E-state index in [0.29, 0.717) is 0 Å². The SMILES string of the molecule is CCCCCc1cccc(SCC=C(C)C)c1. The van der Waals surface area contributed by atoms with Crippen LogP contribution in [0.25, 0.3) is 0 Å². The number of hydrogen-bond acceptors (Lipinski definition) is 1. The Bertz CT molecular complexity index is 348. The van der Waals surface area contributed by atoms with Gasteiger partial charge in [-0.3, -0.25) is 0 Å². The normalized spacial score (nSPS) is 10.3. The molecule has 0 amide bonds. The largest absolute Gasteiger partial charge is 0.122 e. The molecule has 1 rings (SSSR count). The molecule has 0 spiro atoms. The van der Waals surface area contributed by atoms with Crippen LogP contribution in [0.2, 0.25) is 0 Å². The highest BCUT2D eigenvalue weighted by molar-refractivity contribution is 7.99. The minimum Gasteiger partial charge on any atom is -0.122 e. The molecule has 0 fully saturated rings. The minimum absolute atomic E-state index is 1.08. The van der Waals surface area contributed by atoms with Crippen molar-refractivity contribution in [2.24, 2.45) is 0 Å². The molecular weight excluding hydrogens is 224 g/mol. The predicted molar refractivity (Wildman–Crippen MR) is 79.8 cm³/mol. The fourth-order valence-electron chi connectivity index (χ4n) is 1.67. The Morgan fingerprint density at radius 3 is 2.76 bits per heavy atom. The van der Waals surface area contributed by atoms with Gasteiger partial charge in [0.25, 0.3) is 0 Å². The zero-order chi connectivity index (χ0) is 12.5. The second kappa shape index (κ2) is 8.41. The predicted octanol–water partition coefficient (Wildman–Crippen LogP) is 5.48. The molecule has 0 unspecified atom stereocenters. The monoisotopic (exact) mass is 248 g/mol. The van der Waals surface area contributed by atoms with Crippen LogP contribution in [-0.2, 0) is 6.42 Å². The number of rotatable bonds is 7. The first-order valence-electron chi connectivity index (χ1n) is 6.57. The maximum atomic E-state index is 2.35. The lowest BCUT2D eigenvalue weighted by atomic mass is 10.1. The lowest BCUT2D eigenvalue weighted by Gasteiger charge is -2.04. The molecule has 0 atom stereocenters. The van der Waals surface area contributed by atoms with Gasteiger partial charge >= 0.3 is 0 Å². The van der Waals surface area contributed by atoms with E-state index < -0.39 is 0 Å². The zero-order valence-corrected chi connectivity index (χ0v) is 12.1. The Balaban J connectivity index is 2.45. The molecule has 0 aliphatic heterocycles. The zero-order valence-electron chi connectivity index (χ0n) is 11.3. The van der Waals surface area contributed by atoms with Gasteiger partial charge in [0.05, 0.1) is 0 Å². The van der Waals surface area contributed by atoms with E-state index >= 15 is 0 Å². The van der Waals surface area contributed by atoms with Crippen LogP contribution in [0.3, 0.4) is 0 Å². The molecule has 1 aromatic rings. The van der Waals surface area contributed by atoms with Gasteiger partial charge in [0, 0.05) is 10.6 Å². The van der Waals surface area contributed by atoms with Crippen LogP contribution in [0.4, 0.5) is 0 Å². The number of allylic oxidation sites excluding steroid dienone is 1. The van der Waals surface area contributed by atoms with E-state index in [1.165, 1.54) is 41.7 Å². The summed E-state index contributed by atoms with van der Waals surface area (Å²) in [5.41, 5.74) is 2.89. The smallest absolute Gasteiger partial charge is 0.0163 e. The number of benzene rings is 1. The second-order valence-electron chi connectivity index (χ2n) is 4.70. The standard InChI is InChI=1S/C16H24S/c1-4-5-6-8-15-9-7-10-16(13-15)17-12-11-14(2)3/h7,9-11,13H,4-6,8,12H2,1-3H3. The molecule has 0 radical (unpaired) electrons. The highest BCUT2D eigenvalue weighted by Crippen LogP contribution is 2.20. The first-order valence-corrected chi connectivity index (χ1v) is 7.56. The van der Waals surface area contributed by atoms with Crippen LogP contribution >= 0.6 is 11.8 Å². The van der Waals surface area contributed by atoms with Crippen LogP contribution < -0.4 is 0 Å². The quantitative estimate of drug-likeness (QED) is 0.350. The van der Waals surface area contributed by atoms with Gasteiger partial charge in [-0.25, -0.2) is 0 Å². The maximum absolute atomic E-state index is 2.35. The topological polar surface area (TPSA) is 0 Å². The van der Waals surface area contributed by atoms with Crippen molar-refractivity contribution in [3.8, 4) is 0 Å². The molecule has 1 heteroatoms. The fourth-order valence-corrected chi connectivity index (χ4v) is 2.69. The van der Waals surface area contributed by atoms with E-state index in [0.717, 1.165) is 5.75 Å². The molecule has 0 bridgehead atoms. The summed E-state index contributed by atoms with van der Waals surface area (Å²) in [6.07, 6.45) is 7.47. The first kappa shape index (κ1) is 14.4. The van der Waals surface area contributed by atoms with Gasteiger partial charge in [0.1, 0.15) is 0 Å². The molecule has 0 saturated carbocycles. The summed E-state index contributed by atoms with van der Waals surface area (Å²) in [4.78, 5) is 1.40. The Hall–Kier alpha value is -0.690. The van der Waals surface area contributed by atoms with Crippen molar-refractivity contribution in [1.29, 1.82) is 0 Å². The molecule has 0 aliphatic carbocycles. The average molecular weight is 248 g/mol. The van der Waals surface area contributed by atoms with Crippen molar-refractivity contribution < 1.29 is 0 Å². The van der Waals surface area contributed by atoms with Gasteiger partial charge in [0.15, 0.2) is 0 Å². The van der Waals surface area contributed by atoms with Gasteiger partial charge in [-0.2, -0.15) is 0 Å². The van der Waals surface area contributed by atoms with E-state index in [1.54, 1.807) is 0 Å². The number of aryl methyl sites for hydroxylation is 1. The van der Waals surface area contributed by atoms with Crippen molar-refractivity contribution in [2.45, 2.75) is 51.3 Å². The van der Waals surface area contributed by atoms with E-state index in [4.69, 9.17) is 0 Å². The third-order valence-electron chi connectivity index (χ3n) is 2.71. The summed E-state index contributed by atoms with van der Waals surface area (Å²) in [7, 11) is 0. The summed E-state index contributed by atoms with van der Waals surface area (Å²) in [5, 5.41) is 0. The lowest BCUT2D eigenvalue weighted by molar-refractivity contribution is 0.716. The van der Waals surface area contributed by atoms with Gasteiger partial charge in [-0.05, 0) is 44.4 Å². The third-order valence-corrected chi connectivity index (χ3v) is 3.63. The lowest BCUT2D eigenvalue weighted by Crippen LogP contribution is -1.86. The Kier molecular flexibility index (Phi) is 7.11. The van der Waals surface area contributed by atoms with Crippen LogP contribution in [0, 0.1) is 0 Å². The molecule has 1 aromatic carbocycles. The summed E-state index contributed by atoms with van der Waals surface area (Å²) < 4.78 is 0. The van der Waals surface area contributed by atoms with Crippen molar-refractivity contribution in [3.63, 3.8) is 0 Å².